The van der Waals surface area contributed by atoms with Gasteiger partial charge in [0.05, 0.1) is 5.25 Å². The molecule has 25 heavy (non-hydrogen) atoms. The fourth-order valence-corrected chi connectivity index (χ4v) is 3.80. The van der Waals surface area contributed by atoms with E-state index in [0.29, 0.717) is 17.5 Å². The van der Waals surface area contributed by atoms with E-state index in [4.69, 9.17) is 0 Å². The van der Waals surface area contributed by atoms with Crippen LogP contribution in [0, 0.1) is 13.8 Å². The molecule has 0 bridgehead atoms. The van der Waals surface area contributed by atoms with E-state index in [1.165, 1.54) is 43.0 Å². The molecule has 7 heteroatoms. The van der Waals surface area contributed by atoms with Crippen LogP contribution in [0.1, 0.15) is 50.4 Å². The van der Waals surface area contributed by atoms with Crippen LogP contribution in [0.15, 0.2) is 22.9 Å². The molecule has 0 fully saturated rings. The standard InChI is InChI=1S/C18H25N5OS/c1-12-11-13(2)23-17(20-12)21-18(22-23)25-14(3)16(24)19-10-9-15-7-5-4-6-8-15/h7,11,14H,4-6,8-10H2,1-3H3,(H,19,24). The number of nitrogens with one attached hydrogen (secondary N) is 1. The summed E-state index contributed by atoms with van der Waals surface area (Å²) in [4.78, 5) is 21.1. The zero-order chi connectivity index (χ0) is 17.8. The maximum atomic E-state index is 12.3. The third-order valence-electron chi connectivity index (χ3n) is 4.38. The fourth-order valence-electron chi connectivity index (χ4n) is 3.03. The second kappa shape index (κ2) is 7.99. The molecule has 0 saturated heterocycles. The van der Waals surface area contributed by atoms with Crippen molar-refractivity contribution in [2.75, 3.05) is 6.54 Å². The van der Waals surface area contributed by atoms with Crippen molar-refractivity contribution in [3.63, 3.8) is 0 Å². The van der Waals surface area contributed by atoms with Gasteiger partial charge in [-0.05, 0) is 58.9 Å². The van der Waals surface area contributed by atoms with E-state index in [9.17, 15) is 4.79 Å². The lowest BCUT2D eigenvalue weighted by molar-refractivity contribution is -0.120. The topological polar surface area (TPSA) is 72.2 Å². The Balaban J connectivity index is 1.54. The lowest BCUT2D eigenvalue weighted by atomic mass is 9.97. The van der Waals surface area contributed by atoms with Gasteiger partial charge < -0.3 is 5.32 Å². The van der Waals surface area contributed by atoms with Crippen LogP contribution in [0.5, 0.6) is 0 Å². The minimum atomic E-state index is -0.237. The summed E-state index contributed by atoms with van der Waals surface area (Å²) >= 11 is 1.37. The molecule has 0 spiro atoms. The van der Waals surface area contributed by atoms with Crippen LogP contribution in [-0.4, -0.2) is 37.3 Å². The van der Waals surface area contributed by atoms with Gasteiger partial charge in [-0.3, -0.25) is 4.79 Å². The highest BCUT2D eigenvalue weighted by atomic mass is 32.2. The molecule has 1 aliphatic carbocycles. The maximum Gasteiger partial charge on any atom is 0.253 e. The monoisotopic (exact) mass is 359 g/mol. The van der Waals surface area contributed by atoms with Gasteiger partial charge in [0.1, 0.15) is 0 Å². The van der Waals surface area contributed by atoms with Gasteiger partial charge in [-0.25, -0.2) is 9.50 Å². The molecule has 1 unspecified atom stereocenters. The van der Waals surface area contributed by atoms with E-state index in [2.05, 4.69) is 26.5 Å². The molecule has 1 aliphatic rings. The number of thioether (sulfide) groups is 1. The molecular formula is C18H25N5OS. The van der Waals surface area contributed by atoms with Gasteiger partial charge in [0.25, 0.3) is 5.78 Å². The first-order chi connectivity index (χ1) is 12.0. The summed E-state index contributed by atoms with van der Waals surface area (Å²) in [6.07, 6.45) is 8.21. The number of carbonyl (C=O) groups excluding carboxylic acids is 1. The molecule has 0 aromatic carbocycles. The number of hydrogen-bond donors (Lipinski definition) is 1. The van der Waals surface area contributed by atoms with E-state index in [0.717, 1.165) is 17.8 Å². The average molecular weight is 359 g/mol. The second-order valence-corrected chi connectivity index (χ2v) is 7.86. The number of rotatable bonds is 6. The highest BCUT2D eigenvalue weighted by Gasteiger charge is 2.18. The molecule has 1 atom stereocenters. The number of allylic oxidation sites excluding steroid dienone is 1. The minimum Gasteiger partial charge on any atom is -0.355 e. The van der Waals surface area contributed by atoms with Crippen LogP contribution in [-0.2, 0) is 4.79 Å². The number of nitrogens with zero attached hydrogens (tertiary/aromatic N) is 4. The Labute approximate surface area is 152 Å². The van der Waals surface area contributed by atoms with Crippen LogP contribution in [0.4, 0.5) is 0 Å². The largest absolute Gasteiger partial charge is 0.355 e. The summed E-state index contributed by atoms with van der Waals surface area (Å²) in [6.45, 7) is 6.50. The number of aryl methyl sites for hydroxylation is 2. The highest BCUT2D eigenvalue weighted by molar-refractivity contribution is 8.00. The van der Waals surface area contributed by atoms with Crippen LogP contribution >= 0.6 is 11.8 Å². The summed E-state index contributed by atoms with van der Waals surface area (Å²) in [6, 6.07) is 1.96. The predicted octanol–water partition coefficient (Wildman–Crippen LogP) is 3.23. The maximum absolute atomic E-state index is 12.3. The molecule has 0 radical (unpaired) electrons. The van der Waals surface area contributed by atoms with E-state index in [-0.39, 0.29) is 11.2 Å². The van der Waals surface area contributed by atoms with Gasteiger partial charge in [0, 0.05) is 17.9 Å². The molecular weight excluding hydrogens is 334 g/mol. The van der Waals surface area contributed by atoms with Gasteiger partial charge in [0.2, 0.25) is 11.1 Å². The third kappa shape index (κ3) is 4.60. The molecule has 3 rings (SSSR count). The van der Waals surface area contributed by atoms with Crippen LogP contribution in [0.25, 0.3) is 5.78 Å². The van der Waals surface area contributed by atoms with Gasteiger partial charge in [0.15, 0.2) is 0 Å². The van der Waals surface area contributed by atoms with Gasteiger partial charge >= 0.3 is 0 Å². The van der Waals surface area contributed by atoms with Gasteiger partial charge in [-0.1, -0.05) is 23.4 Å². The lowest BCUT2D eigenvalue weighted by Gasteiger charge is -2.14. The number of amides is 1. The Morgan fingerprint density at radius 2 is 2.20 bits per heavy atom. The number of aromatic nitrogens is 4. The Bertz CT molecular complexity index is 798. The van der Waals surface area contributed by atoms with Crippen LogP contribution < -0.4 is 5.32 Å². The van der Waals surface area contributed by atoms with Crippen molar-refractivity contribution in [2.45, 2.75) is 63.3 Å². The first kappa shape index (κ1) is 17.9. The second-order valence-electron chi connectivity index (χ2n) is 6.55. The Morgan fingerprint density at radius 3 is 2.96 bits per heavy atom. The summed E-state index contributed by atoms with van der Waals surface area (Å²) < 4.78 is 1.72. The minimum absolute atomic E-state index is 0.0288. The first-order valence-corrected chi connectivity index (χ1v) is 9.74. The number of fused-ring (bicyclic) bond motifs is 1. The van der Waals surface area contributed by atoms with Gasteiger partial charge in [-0.15, -0.1) is 5.10 Å². The van der Waals surface area contributed by atoms with Crippen molar-refractivity contribution in [1.29, 1.82) is 0 Å². The number of carbonyl (C=O) groups is 1. The van der Waals surface area contributed by atoms with E-state index < -0.39 is 0 Å². The van der Waals surface area contributed by atoms with E-state index in [1.807, 2.05) is 26.8 Å². The fraction of sp³-hybridized carbons (Fsp3) is 0.556. The predicted molar refractivity (Wildman–Crippen MR) is 99.8 cm³/mol. The van der Waals surface area contributed by atoms with Crippen molar-refractivity contribution < 1.29 is 4.79 Å². The van der Waals surface area contributed by atoms with Crippen molar-refractivity contribution in [3.8, 4) is 0 Å². The van der Waals surface area contributed by atoms with Crippen molar-refractivity contribution in [2.24, 2.45) is 0 Å². The Morgan fingerprint density at radius 1 is 1.36 bits per heavy atom. The van der Waals surface area contributed by atoms with Crippen molar-refractivity contribution >= 4 is 23.4 Å². The smallest absolute Gasteiger partial charge is 0.253 e. The molecule has 2 aromatic rings. The van der Waals surface area contributed by atoms with Gasteiger partial charge in [-0.2, -0.15) is 4.98 Å². The van der Waals surface area contributed by atoms with E-state index in [1.54, 1.807) is 4.52 Å². The van der Waals surface area contributed by atoms with Crippen molar-refractivity contribution in [3.05, 3.63) is 29.1 Å². The quantitative estimate of drug-likeness (QED) is 0.633. The molecule has 1 N–H and O–H groups in total. The third-order valence-corrected chi connectivity index (χ3v) is 5.33. The molecule has 134 valence electrons. The summed E-state index contributed by atoms with van der Waals surface area (Å²) in [5, 5.41) is 7.82. The molecule has 1 amide bonds. The lowest BCUT2D eigenvalue weighted by Crippen LogP contribution is -2.32. The first-order valence-electron chi connectivity index (χ1n) is 8.86. The number of hydrogen-bond acceptors (Lipinski definition) is 5. The van der Waals surface area contributed by atoms with E-state index >= 15 is 0 Å². The summed E-state index contributed by atoms with van der Waals surface area (Å²) in [5.74, 6) is 0.609. The SMILES string of the molecule is Cc1cc(C)n2nc(SC(C)C(=O)NCCC3=CCCCC3)nc2n1. The van der Waals surface area contributed by atoms with Crippen molar-refractivity contribution in [1.82, 2.24) is 24.9 Å². The molecule has 0 aliphatic heterocycles. The Kier molecular flexibility index (Phi) is 5.73. The normalized spacial score (nSPS) is 15.9. The summed E-state index contributed by atoms with van der Waals surface area (Å²) in [5.41, 5.74) is 3.38. The molecule has 2 aromatic heterocycles. The molecule has 6 nitrogen and oxygen atoms in total. The molecule has 0 saturated carbocycles. The molecule has 2 heterocycles. The summed E-state index contributed by atoms with van der Waals surface area (Å²) in [7, 11) is 0. The van der Waals surface area contributed by atoms with Crippen LogP contribution in [0.2, 0.25) is 0 Å². The zero-order valence-corrected chi connectivity index (χ0v) is 15.9. The van der Waals surface area contributed by atoms with Crippen LogP contribution in [0.3, 0.4) is 0 Å². The Hall–Kier alpha value is -1.89. The zero-order valence-electron chi connectivity index (χ0n) is 15.1. The average Bonchev–Trinajstić information content (AvgIpc) is 2.98. The highest BCUT2D eigenvalue weighted by Crippen LogP contribution is 2.22.